The summed E-state index contributed by atoms with van der Waals surface area (Å²) in [7, 11) is 0. The third-order valence-electron chi connectivity index (χ3n) is 3.74. The number of thiophene rings is 1. The molecule has 25 heavy (non-hydrogen) atoms. The zero-order valence-electron chi connectivity index (χ0n) is 12.8. The number of rotatable bonds is 3. The van der Waals surface area contributed by atoms with Crippen molar-refractivity contribution in [3.63, 3.8) is 0 Å². The summed E-state index contributed by atoms with van der Waals surface area (Å²) in [5.41, 5.74) is 5.33. The quantitative estimate of drug-likeness (QED) is 0.717. The summed E-state index contributed by atoms with van der Waals surface area (Å²) >= 11 is 10.6. The first-order valence-corrected chi connectivity index (χ1v) is 9.35. The van der Waals surface area contributed by atoms with Crippen molar-refractivity contribution in [3.05, 3.63) is 50.1 Å². The van der Waals surface area contributed by atoms with Crippen LogP contribution >= 0.6 is 38.9 Å². The Balaban J connectivity index is 1.59. The second-order valence-electron chi connectivity index (χ2n) is 5.40. The Morgan fingerprint density at radius 1 is 1.20 bits per heavy atom. The Labute approximate surface area is 161 Å². The number of anilines is 1. The molecule has 1 aromatic heterocycles. The Bertz CT molecular complexity index is 842. The van der Waals surface area contributed by atoms with E-state index in [1.54, 1.807) is 36.4 Å². The van der Waals surface area contributed by atoms with Crippen molar-refractivity contribution in [1.82, 2.24) is 10.9 Å². The number of hydrogen-bond donors (Lipinski definition) is 2. The molecule has 3 rings (SSSR count). The van der Waals surface area contributed by atoms with Gasteiger partial charge < -0.3 is 4.90 Å². The van der Waals surface area contributed by atoms with Gasteiger partial charge in [0.1, 0.15) is 0 Å². The van der Waals surface area contributed by atoms with Crippen LogP contribution in [-0.2, 0) is 9.59 Å². The van der Waals surface area contributed by atoms with E-state index in [2.05, 4.69) is 26.8 Å². The molecule has 1 saturated heterocycles. The molecule has 1 atom stereocenters. The second-order valence-corrected chi connectivity index (χ2v) is 8.27. The van der Waals surface area contributed by atoms with Crippen molar-refractivity contribution in [3.8, 4) is 0 Å². The zero-order valence-corrected chi connectivity index (χ0v) is 16.0. The Morgan fingerprint density at radius 3 is 2.64 bits per heavy atom. The minimum atomic E-state index is -0.556. The predicted molar refractivity (Wildman–Crippen MR) is 99.5 cm³/mol. The maximum absolute atomic E-state index is 12.3. The number of carbonyl (C=O) groups is 3. The third kappa shape index (κ3) is 4.02. The number of halogens is 2. The minimum absolute atomic E-state index is 0.0669. The average Bonchev–Trinajstić information content (AvgIpc) is 3.19. The van der Waals surface area contributed by atoms with Gasteiger partial charge in [-0.2, -0.15) is 0 Å². The second kappa shape index (κ2) is 7.55. The van der Waals surface area contributed by atoms with Crippen molar-refractivity contribution in [2.24, 2.45) is 5.92 Å². The molecular weight excluding hydrogens is 430 g/mol. The van der Waals surface area contributed by atoms with Gasteiger partial charge in [-0.05, 0) is 40.2 Å². The first-order valence-electron chi connectivity index (χ1n) is 7.36. The van der Waals surface area contributed by atoms with Crippen LogP contribution in [0.25, 0.3) is 0 Å². The summed E-state index contributed by atoms with van der Waals surface area (Å²) in [6.07, 6.45) is 0.0669. The number of amides is 3. The highest BCUT2D eigenvalue weighted by molar-refractivity contribution is 9.11. The van der Waals surface area contributed by atoms with Crippen LogP contribution in [-0.4, -0.2) is 24.3 Å². The number of nitrogens with zero attached hydrogens (tertiary/aromatic N) is 1. The monoisotopic (exact) mass is 441 g/mol. The van der Waals surface area contributed by atoms with Crippen LogP contribution in [0.2, 0.25) is 5.02 Å². The predicted octanol–water partition coefficient (Wildman–Crippen LogP) is 2.98. The maximum atomic E-state index is 12.3. The van der Waals surface area contributed by atoms with Crippen LogP contribution in [0, 0.1) is 5.92 Å². The Hall–Kier alpha value is -1.90. The normalized spacial score (nSPS) is 16.8. The van der Waals surface area contributed by atoms with E-state index in [9.17, 15) is 14.4 Å². The van der Waals surface area contributed by atoms with Gasteiger partial charge in [0, 0.05) is 13.0 Å². The van der Waals surface area contributed by atoms with Crippen LogP contribution in [0.3, 0.4) is 0 Å². The lowest BCUT2D eigenvalue weighted by Gasteiger charge is -2.18. The van der Waals surface area contributed by atoms with Gasteiger partial charge in [0.05, 0.1) is 25.3 Å². The van der Waals surface area contributed by atoms with E-state index in [0.717, 1.165) is 3.79 Å². The standard InChI is InChI=1S/C16H13BrClN3O3S/c17-13-6-5-12(25-13)16(24)20-19-15(23)9-7-14(22)21(8-9)11-4-2-1-3-10(11)18/h1-6,9H,7-8H2,(H,19,23)(H,20,24). The fraction of sp³-hybridized carbons (Fsp3) is 0.188. The lowest BCUT2D eigenvalue weighted by atomic mass is 10.1. The molecule has 1 aromatic carbocycles. The van der Waals surface area contributed by atoms with Gasteiger partial charge >= 0.3 is 0 Å². The van der Waals surface area contributed by atoms with Gasteiger partial charge in [0.2, 0.25) is 11.8 Å². The fourth-order valence-electron chi connectivity index (χ4n) is 2.51. The molecule has 0 aliphatic carbocycles. The topological polar surface area (TPSA) is 78.5 Å². The van der Waals surface area contributed by atoms with Crippen molar-refractivity contribution in [2.45, 2.75) is 6.42 Å². The summed E-state index contributed by atoms with van der Waals surface area (Å²) in [5, 5.41) is 0.452. The van der Waals surface area contributed by atoms with Gasteiger partial charge in [-0.25, -0.2) is 0 Å². The number of carbonyl (C=O) groups excluding carboxylic acids is 3. The summed E-state index contributed by atoms with van der Waals surface area (Å²) in [4.78, 5) is 38.3. The number of para-hydroxylation sites is 1. The molecule has 1 unspecified atom stereocenters. The van der Waals surface area contributed by atoms with E-state index >= 15 is 0 Å². The summed E-state index contributed by atoms with van der Waals surface area (Å²) < 4.78 is 0.820. The smallest absolute Gasteiger partial charge is 0.279 e. The first kappa shape index (κ1) is 17.9. The number of hydrazine groups is 1. The lowest BCUT2D eigenvalue weighted by Crippen LogP contribution is -2.45. The molecule has 1 aliphatic heterocycles. The largest absolute Gasteiger partial charge is 0.310 e. The highest BCUT2D eigenvalue weighted by atomic mass is 79.9. The van der Waals surface area contributed by atoms with Crippen molar-refractivity contribution >= 4 is 62.3 Å². The van der Waals surface area contributed by atoms with Gasteiger partial charge in [-0.15, -0.1) is 11.3 Å². The average molecular weight is 443 g/mol. The van der Waals surface area contributed by atoms with Crippen LogP contribution in [0.15, 0.2) is 40.2 Å². The molecular formula is C16H13BrClN3O3S. The highest BCUT2D eigenvalue weighted by Gasteiger charge is 2.36. The first-order chi connectivity index (χ1) is 12.0. The molecule has 2 N–H and O–H groups in total. The summed E-state index contributed by atoms with van der Waals surface area (Å²) in [6, 6.07) is 10.4. The fourth-order valence-corrected chi connectivity index (χ4v) is 4.02. The third-order valence-corrected chi connectivity index (χ3v) is 5.68. The molecule has 130 valence electrons. The van der Waals surface area contributed by atoms with E-state index in [1.165, 1.54) is 16.2 Å². The van der Waals surface area contributed by atoms with E-state index in [1.807, 2.05) is 0 Å². The van der Waals surface area contributed by atoms with Crippen molar-refractivity contribution < 1.29 is 14.4 Å². The molecule has 2 heterocycles. The van der Waals surface area contributed by atoms with E-state index in [0.29, 0.717) is 15.6 Å². The molecule has 0 bridgehead atoms. The van der Waals surface area contributed by atoms with Crippen molar-refractivity contribution in [1.29, 1.82) is 0 Å². The van der Waals surface area contributed by atoms with E-state index in [4.69, 9.17) is 11.6 Å². The van der Waals surface area contributed by atoms with Gasteiger partial charge in [0.15, 0.2) is 0 Å². The number of hydrogen-bond acceptors (Lipinski definition) is 4. The summed E-state index contributed by atoms with van der Waals surface area (Å²) in [5.74, 6) is -1.55. The van der Waals surface area contributed by atoms with E-state index in [-0.39, 0.29) is 18.9 Å². The zero-order chi connectivity index (χ0) is 18.0. The molecule has 3 amide bonds. The Morgan fingerprint density at radius 2 is 1.96 bits per heavy atom. The molecule has 6 nitrogen and oxygen atoms in total. The molecule has 0 saturated carbocycles. The van der Waals surface area contributed by atoms with Crippen LogP contribution < -0.4 is 15.8 Å². The van der Waals surface area contributed by atoms with E-state index < -0.39 is 17.7 Å². The number of nitrogens with one attached hydrogen (secondary N) is 2. The molecule has 2 aromatic rings. The molecule has 1 aliphatic rings. The molecule has 9 heteroatoms. The van der Waals surface area contributed by atoms with Crippen molar-refractivity contribution in [2.75, 3.05) is 11.4 Å². The minimum Gasteiger partial charge on any atom is -0.310 e. The molecule has 0 radical (unpaired) electrons. The van der Waals surface area contributed by atoms with Gasteiger partial charge in [-0.3, -0.25) is 25.2 Å². The molecule has 0 spiro atoms. The lowest BCUT2D eigenvalue weighted by molar-refractivity contribution is -0.126. The summed E-state index contributed by atoms with van der Waals surface area (Å²) in [6.45, 7) is 0.217. The Kier molecular flexibility index (Phi) is 5.41. The van der Waals surface area contributed by atoms with Crippen LogP contribution in [0.4, 0.5) is 5.69 Å². The van der Waals surface area contributed by atoms with Crippen LogP contribution in [0.5, 0.6) is 0 Å². The van der Waals surface area contributed by atoms with Gasteiger partial charge in [-0.1, -0.05) is 23.7 Å². The molecule has 1 fully saturated rings. The van der Waals surface area contributed by atoms with Crippen LogP contribution in [0.1, 0.15) is 16.1 Å². The van der Waals surface area contributed by atoms with Gasteiger partial charge in [0.25, 0.3) is 5.91 Å². The highest BCUT2D eigenvalue weighted by Crippen LogP contribution is 2.31. The SMILES string of the molecule is O=C(NNC(=O)C1CC(=O)N(c2ccccc2Cl)C1)c1ccc(Br)s1. The number of benzene rings is 1. The maximum Gasteiger partial charge on any atom is 0.279 e.